The normalized spacial score (nSPS) is 10.8. The van der Waals surface area contributed by atoms with Crippen LogP contribution in [0.4, 0.5) is 8.78 Å². The van der Waals surface area contributed by atoms with Crippen LogP contribution in [-0.4, -0.2) is 9.55 Å². The number of hydrogen-bond acceptors (Lipinski definition) is 2. The Kier molecular flexibility index (Phi) is 3.32. The monoisotopic (exact) mass is 303 g/mol. The van der Waals surface area contributed by atoms with Crippen molar-refractivity contribution in [1.29, 1.82) is 5.26 Å². The molecule has 0 unspecified atom stereocenters. The first-order chi connectivity index (χ1) is 10.2. The highest BCUT2D eigenvalue weighted by Gasteiger charge is 2.15. The molecule has 2 aromatic carbocycles. The van der Waals surface area contributed by atoms with E-state index in [0.29, 0.717) is 28.1 Å². The van der Waals surface area contributed by atoms with E-state index in [1.165, 1.54) is 6.07 Å². The van der Waals surface area contributed by atoms with Crippen LogP contribution >= 0.6 is 11.6 Å². The minimum Gasteiger partial charge on any atom is -0.295 e. The number of hydrogen-bond donors (Lipinski definition) is 0. The van der Waals surface area contributed by atoms with Crippen molar-refractivity contribution in [2.75, 3.05) is 0 Å². The molecule has 0 aliphatic heterocycles. The quantitative estimate of drug-likeness (QED) is 0.673. The highest BCUT2D eigenvalue weighted by molar-refractivity contribution is 6.17. The number of nitrogens with zero attached hydrogens (tertiary/aromatic N) is 3. The number of nitriles is 1. The third-order valence-electron chi connectivity index (χ3n) is 3.16. The SMILES string of the molecule is N#Cc1cccc2c1nc(CCl)n2-c1ccc(F)c(F)c1. The first-order valence-electron chi connectivity index (χ1n) is 6.07. The molecule has 0 spiro atoms. The molecule has 6 heteroatoms. The summed E-state index contributed by atoms with van der Waals surface area (Å²) in [4.78, 5) is 4.32. The molecular formula is C15H8ClF2N3. The average molecular weight is 304 g/mol. The molecule has 0 fully saturated rings. The lowest BCUT2D eigenvalue weighted by molar-refractivity contribution is 0.508. The van der Waals surface area contributed by atoms with Gasteiger partial charge < -0.3 is 0 Å². The van der Waals surface area contributed by atoms with Gasteiger partial charge in [-0.05, 0) is 24.3 Å². The minimum absolute atomic E-state index is 0.0819. The fraction of sp³-hybridized carbons (Fsp3) is 0.0667. The predicted octanol–water partition coefficient (Wildman–Crippen LogP) is 3.91. The van der Waals surface area contributed by atoms with Crippen molar-refractivity contribution in [2.24, 2.45) is 0 Å². The largest absolute Gasteiger partial charge is 0.295 e. The van der Waals surface area contributed by atoms with Gasteiger partial charge in [-0.25, -0.2) is 13.8 Å². The van der Waals surface area contributed by atoms with E-state index in [1.54, 1.807) is 22.8 Å². The van der Waals surface area contributed by atoms with Crippen LogP contribution in [0.1, 0.15) is 11.4 Å². The van der Waals surface area contributed by atoms with Gasteiger partial charge in [0.25, 0.3) is 0 Å². The number of alkyl halides is 1. The zero-order chi connectivity index (χ0) is 15.0. The number of benzene rings is 2. The van der Waals surface area contributed by atoms with Crippen molar-refractivity contribution in [3.8, 4) is 11.8 Å². The second-order valence-electron chi connectivity index (χ2n) is 4.38. The molecule has 0 aliphatic carbocycles. The highest BCUT2D eigenvalue weighted by atomic mass is 35.5. The summed E-state index contributed by atoms with van der Waals surface area (Å²) in [5.41, 5.74) is 1.92. The van der Waals surface area contributed by atoms with Crippen LogP contribution in [0.25, 0.3) is 16.7 Å². The highest BCUT2D eigenvalue weighted by Crippen LogP contribution is 2.25. The van der Waals surface area contributed by atoms with Crippen molar-refractivity contribution in [2.45, 2.75) is 5.88 Å². The molecule has 21 heavy (non-hydrogen) atoms. The van der Waals surface area contributed by atoms with Gasteiger partial charge in [0, 0.05) is 6.07 Å². The summed E-state index contributed by atoms with van der Waals surface area (Å²) in [6, 6.07) is 10.7. The maximum absolute atomic E-state index is 13.5. The van der Waals surface area contributed by atoms with E-state index in [4.69, 9.17) is 16.9 Å². The first kappa shape index (κ1) is 13.5. The summed E-state index contributed by atoms with van der Waals surface area (Å²) in [7, 11) is 0. The van der Waals surface area contributed by atoms with Crippen molar-refractivity contribution < 1.29 is 8.78 Å². The Bertz CT molecular complexity index is 880. The van der Waals surface area contributed by atoms with Crippen molar-refractivity contribution in [3.63, 3.8) is 0 Å². The molecule has 1 heterocycles. The summed E-state index contributed by atoms with van der Waals surface area (Å²) in [5.74, 6) is -1.33. The van der Waals surface area contributed by atoms with Crippen LogP contribution in [0.15, 0.2) is 36.4 Å². The van der Waals surface area contributed by atoms with Crippen molar-refractivity contribution >= 4 is 22.6 Å². The lowest BCUT2D eigenvalue weighted by atomic mass is 10.2. The van der Waals surface area contributed by atoms with E-state index in [2.05, 4.69) is 11.1 Å². The van der Waals surface area contributed by atoms with Gasteiger partial charge in [-0.1, -0.05) is 6.07 Å². The van der Waals surface area contributed by atoms with Crippen LogP contribution in [-0.2, 0) is 5.88 Å². The predicted molar refractivity (Wildman–Crippen MR) is 75.3 cm³/mol. The van der Waals surface area contributed by atoms with Crippen LogP contribution in [0.3, 0.4) is 0 Å². The van der Waals surface area contributed by atoms with Gasteiger partial charge >= 0.3 is 0 Å². The third kappa shape index (κ3) is 2.14. The average Bonchev–Trinajstić information content (AvgIpc) is 2.88. The molecule has 0 amide bonds. The molecule has 0 aliphatic rings. The van der Waals surface area contributed by atoms with Gasteiger partial charge in [0.15, 0.2) is 11.6 Å². The van der Waals surface area contributed by atoms with E-state index in [-0.39, 0.29) is 5.88 Å². The molecule has 0 atom stereocenters. The zero-order valence-electron chi connectivity index (χ0n) is 10.6. The van der Waals surface area contributed by atoms with Gasteiger partial charge in [-0.15, -0.1) is 11.6 Å². The van der Waals surface area contributed by atoms with E-state index in [9.17, 15) is 8.78 Å². The third-order valence-corrected chi connectivity index (χ3v) is 3.40. The molecular weight excluding hydrogens is 296 g/mol. The van der Waals surface area contributed by atoms with E-state index >= 15 is 0 Å². The Morgan fingerprint density at radius 1 is 1.19 bits per heavy atom. The fourth-order valence-electron chi connectivity index (χ4n) is 2.24. The van der Waals surface area contributed by atoms with E-state index in [0.717, 1.165) is 12.1 Å². The summed E-state index contributed by atoms with van der Waals surface area (Å²) < 4.78 is 28.2. The molecule has 0 bridgehead atoms. The lowest BCUT2D eigenvalue weighted by Crippen LogP contribution is -2.00. The Morgan fingerprint density at radius 3 is 2.67 bits per heavy atom. The molecule has 3 rings (SSSR count). The molecule has 1 aromatic heterocycles. The Hall–Kier alpha value is -2.45. The number of imidazole rings is 1. The summed E-state index contributed by atoms with van der Waals surface area (Å²) >= 11 is 5.89. The number of fused-ring (bicyclic) bond motifs is 1. The summed E-state index contributed by atoms with van der Waals surface area (Å²) in [6.07, 6.45) is 0. The molecule has 0 saturated carbocycles. The molecule has 0 radical (unpaired) electrons. The van der Waals surface area contributed by atoms with Crippen molar-refractivity contribution in [1.82, 2.24) is 9.55 Å². The second kappa shape index (κ2) is 5.15. The summed E-state index contributed by atoms with van der Waals surface area (Å²) in [5, 5.41) is 9.12. The number of halogens is 3. The topological polar surface area (TPSA) is 41.6 Å². The molecule has 0 saturated heterocycles. The Balaban J connectivity index is 2.35. The Morgan fingerprint density at radius 2 is 2.00 bits per heavy atom. The molecule has 3 aromatic rings. The standard InChI is InChI=1S/C15H8ClF2N3/c16-7-14-20-15-9(8-19)2-1-3-13(15)21(14)10-4-5-11(17)12(18)6-10/h1-6H,7H2. The van der Waals surface area contributed by atoms with Crippen LogP contribution in [0.5, 0.6) is 0 Å². The van der Waals surface area contributed by atoms with Crippen molar-refractivity contribution in [3.05, 3.63) is 59.4 Å². The fourth-order valence-corrected chi connectivity index (χ4v) is 2.42. The second-order valence-corrected chi connectivity index (χ2v) is 4.65. The van der Waals surface area contributed by atoms with E-state index < -0.39 is 11.6 Å². The minimum atomic E-state index is -0.952. The van der Waals surface area contributed by atoms with Gasteiger partial charge in [0.1, 0.15) is 17.4 Å². The van der Waals surface area contributed by atoms with E-state index in [1.807, 2.05) is 0 Å². The maximum atomic E-state index is 13.5. The van der Waals surface area contributed by atoms with Gasteiger partial charge in [-0.3, -0.25) is 4.57 Å². The Labute approximate surface area is 124 Å². The summed E-state index contributed by atoms with van der Waals surface area (Å²) in [6.45, 7) is 0. The van der Waals surface area contributed by atoms with Crippen LogP contribution in [0.2, 0.25) is 0 Å². The number of para-hydroxylation sites is 1. The first-order valence-corrected chi connectivity index (χ1v) is 6.61. The lowest BCUT2D eigenvalue weighted by Gasteiger charge is -2.08. The van der Waals surface area contributed by atoms with Gasteiger partial charge in [0.2, 0.25) is 0 Å². The number of aromatic nitrogens is 2. The number of rotatable bonds is 2. The van der Waals surface area contributed by atoms with Crippen LogP contribution < -0.4 is 0 Å². The van der Waals surface area contributed by atoms with Gasteiger partial charge in [-0.2, -0.15) is 5.26 Å². The molecule has 3 nitrogen and oxygen atoms in total. The van der Waals surface area contributed by atoms with Gasteiger partial charge in [0.05, 0.1) is 22.6 Å². The smallest absolute Gasteiger partial charge is 0.160 e. The zero-order valence-corrected chi connectivity index (χ0v) is 11.4. The molecule has 0 N–H and O–H groups in total. The molecule has 104 valence electrons. The van der Waals surface area contributed by atoms with Crippen LogP contribution in [0, 0.1) is 23.0 Å². The maximum Gasteiger partial charge on any atom is 0.160 e.